The summed E-state index contributed by atoms with van der Waals surface area (Å²) in [6.45, 7) is 0.605. The molecule has 6 heteroatoms. The highest BCUT2D eigenvalue weighted by molar-refractivity contribution is 6.31. The van der Waals surface area contributed by atoms with Crippen LogP contribution in [0.2, 0.25) is 5.02 Å². The standard InChI is InChI=1S/C21H19ClFN3O/c22-18-5-2-1-4-15(18)13-26-20-7-3-6-19(17(20)12-24-26)25-21(27)14-8-10-16(23)11-9-14/h1-2,4-5,8-12,19H,3,6-7,13H2,(H,25,27)/t19-/m1/s1. The first-order valence-corrected chi connectivity index (χ1v) is 9.34. The van der Waals surface area contributed by atoms with Crippen LogP contribution in [0, 0.1) is 5.82 Å². The maximum absolute atomic E-state index is 13.1. The van der Waals surface area contributed by atoms with Gasteiger partial charge in [-0.3, -0.25) is 9.48 Å². The molecule has 4 rings (SSSR count). The molecule has 0 fully saturated rings. The lowest BCUT2D eigenvalue weighted by atomic mass is 9.92. The van der Waals surface area contributed by atoms with Crippen LogP contribution in [0.4, 0.5) is 4.39 Å². The number of nitrogens with one attached hydrogen (secondary N) is 1. The summed E-state index contributed by atoms with van der Waals surface area (Å²) in [6.07, 6.45) is 4.58. The highest BCUT2D eigenvalue weighted by Gasteiger charge is 2.26. The molecule has 0 radical (unpaired) electrons. The van der Waals surface area contributed by atoms with E-state index in [0.29, 0.717) is 12.1 Å². The van der Waals surface area contributed by atoms with E-state index < -0.39 is 0 Å². The summed E-state index contributed by atoms with van der Waals surface area (Å²) in [7, 11) is 0. The molecule has 1 aliphatic carbocycles. The Bertz CT molecular complexity index is 968. The molecule has 138 valence electrons. The molecule has 1 aromatic heterocycles. The first-order valence-electron chi connectivity index (χ1n) is 8.96. The molecule has 0 unspecified atom stereocenters. The van der Waals surface area contributed by atoms with Crippen LogP contribution < -0.4 is 5.32 Å². The van der Waals surface area contributed by atoms with E-state index in [1.54, 1.807) is 0 Å². The number of amides is 1. The van der Waals surface area contributed by atoms with Crippen molar-refractivity contribution < 1.29 is 9.18 Å². The quantitative estimate of drug-likeness (QED) is 0.719. The van der Waals surface area contributed by atoms with Gasteiger partial charge in [0.1, 0.15) is 5.82 Å². The van der Waals surface area contributed by atoms with Gasteiger partial charge in [0.2, 0.25) is 0 Å². The van der Waals surface area contributed by atoms with Gasteiger partial charge in [-0.25, -0.2) is 4.39 Å². The van der Waals surface area contributed by atoms with Crippen LogP contribution in [0.15, 0.2) is 54.7 Å². The molecule has 27 heavy (non-hydrogen) atoms. The average molecular weight is 384 g/mol. The van der Waals surface area contributed by atoms with E-state index in [1.807, 2.05) is 35.1 Å². The summed E-state index contributed by atoms with van der Waals surface area (Å²) < 4.78 is 15.0. The number of benzene rings is 2. The van der Waals surface area contributed by atoms with Gasteiger partial charge in [0, 0.05) is 21.8 Å². The zero-order valence-corrected chi connectivity index (χ0v) is 15.4. The van der Waals surface area contributed by atoms with Gasteiger partial charge in [0.05, 0.1) is 18.8 Å². The molecule has 0 spiro atoms. The van der Waals surface area contributed by atoms with Gasteiger partial charge in [-0.2, -0.15) is 5.10 Å². The first kappa shape index (κ1) is 17.7. The monoisotopic (exact) mass is 383 g/mol. The van der Waals surface area contributed by atoms with E-state index in [2.05, 4.69) is 10.4 Å². The number of rotatable bonds is 4. The second-order valence-electron chi connectivity index (χ2n) is 6.72. The molecule has 1 amide bonds. The molecule has 4 nitrogen and oxygen atoms in total. The minimum atomic E-state index is -0.354. The van der Waals surface area contributed by atoms with E-state index in [-0.39, 0.29) is 17.8 Å². The minimum absolute atomic E-state index is 0.0914. The zero-order chi connectivity index (χ0) is 18.8. The van der Waals surface area contributed by atoms with Crippen LogP contribution in [-0.4, -0.2) is 15.7 Å². The first-order chi connectivity index (χ1) is 13.1. The Morgan fingerprint density at radius 2 is 2.00 bits per heavy atom. The van der Waals surface area contributed by atoms with Crippen LogP contribution >= 0.6 is 11.6 Å². The Kier molecular flexibility index (Phi) is 4.94. The molecule has 0 saturated carbocycles. The van der Waals surface area contributed by atoms with Gasteiger partial charge in [0.25, 0.3) is 5.91 Å². The number of hydrogen-bond donors (Lipinski definition) is 1. The smallest absolute Gasteiger partial charge is 0.251 e. The van der Waals surface area contributed by atoms with Gasteiger partial charge < -0.3 is 5.32 Å². The third-order valence-corrected chi connectivity index (χ3v) is 5.32. The molecule has 1 aliphatic rings. The molecule has 1 N–H and O–H groups in total. The molecule has 3 aromatic rings. The SMILES string of the molecule is O=C(N[C@@H]1CCCc2c1cnn2Cc1ccccc1Cl)c1ccc(F)cc1. The van der Waals surface area contributed by atoms with Crippen molar-refractivity contribution in [3.63, 3.8) is 0 Å². The number of hydrogen-bond acceptors (Lipinski definition) is 2. The van der Waals surface area contributed by atoms with E-state index in [4.69, 9.17) is 11.6 Å². The molecule has 1 atom stereocenters. The van der Waals surface area contributed by atoms with Gasteiger partial charge in [-0.15, -0.1) is 0 Å². The molecular weight excluding hydrogens is 365 g/mol. The zero-order valence-electron chi connectivity index (χ0n) is 14.7. The van der Waals surface area contributed by atoms with Crippen molar-refractivity contribution in [1.82, 2.24) is 15.1 Å². The van der Waals surface area contributed by atoms with Gasteiger partial charge >= 0.3 is 0 Å². The van der Waals surface area contributed by atoms with E-state index in [1.165, 1.54) is 24.3 Å². The summed E-state index contributed by atoms with van der Waals surface area (Å²) in [6, 6.07) is 13.2. The second-order valence-corrected chi connectivity index (χ2v) is 7.13. The van der Waals surface area contributed by atoms with Crippen molar-refractivity contribution in [2.75, 3.05) is 0 Å². The Morgan fingerprint density at radius 1 is 1.22 bits per heavy atom. The molecular formula is C21H19ClFN3O. The molecule has 1 heterocycles. The third kappa shape index (κ3) is 3.74. The van der Waals surface area contributed by atoms with E-state index in [0.717, 1.165) is 41.1 Å². The highest BCUT2D eigenvalue weighted by atomic mass is 35.5. The second kappa shape index (κ2) is 7.53. The number of fused-ring (bicyclic) bond motifs is 1. The fourth-order valence-corrected chi connectivity index (χ4v) is 3.73. The number of halogens is 2. The van der Waals surface area contributed by atoms with Gasteiger partial charge in [-0.05, 0) is 55.2 Å². The fraction of sp³-hybridized carbons (Fsp3) is 0.238. The van der Waals surface area contributed by atoms with Crippen molar-refractivity contribution in [2.45, 2.75) is 31.8 Å². The largest absolute Gasteiger partial charge is 0.345 e. The van der Waals surface area contributed by atoms with Crippen molar-refractivity contribution in [3.8, 4) is 0 Å². The number of carbonyl (C=O) groups is 1. The number of nitrogens with zero attached hydrogens (tertiary/aromatic N) is 2. The Balaban J connectivity index is 1.54. The van der Waals surface area contributed by atoms with Crippen LogP contribution in [-0.2, 0) is 13.0 Å². The van der Waals surface area contributed by atoms with Crippen LogP contribution in [0.3, 0.4) is 0 Å². The van der Waals surface area contributed by atoms with Crippen molar-refractivity contribution in [1.29, 1.82) is 0 Å². The van der Waals surface area contributed by atoms with Crippen LogP contribution in [0.1, 0.15) is 46.1 Å². The van der Waals surface area contributed by atoms with Crippen LogP contribution in [0.5, 0.6) is 0 Å². The molecule has 0 aliphatic heterocycles. The van der Waals surface area contributed by atoms with Crippen molar-refractivity contribution in [3.05, 3.63) is 88.0 Å². The predicted octanol–water partition coefficient (Wildman–Crippen LogP) is 4.53. The van der Waals surface area contributed by atoms with E-state index in [9.17, 15) is 9.18 Å². The Hall–Kier alpha value is -2.66. The average Bonchev–Trinajstić information content (AvgIpc) is 3.08. The lowest BCUT2D eigenvalue weighted by Gasteiger charge is -2.24. The highest BCUT2D eigenvalue weighted by Crippen LogP contribution is 2.30. The summed E-state index contributed by atoms with van der Waals surface area (Å²) in [4.78, 5) is 12.5. The third-order valence-electron chi connectivity index (χ3n) is 4.95. The number of carbonyl (C=O) groups excluding carboxylic acids is 1. The van der Waals surface area contributed by atoms with Crippen LogP contribution in [0.25, 0.3) is 0 Å². The fourth-order valence-electron chi connectivity index (χ4n) is 3.54. The lowest BCUT2D eigenvalue weighted by Crippen LogP contribution is -2.31. The maximum Gasteiger partial charge on any atom is 0.251 e. The molecule has 0 saturated heterocycles. The van der Waals surface area contributed by atoms with Crippen molar-refractivity contribution in [2.24, 2.45) is 0 Å². The lowest BCUT2D eigenvalue weighted by molar-refractivity contribution is 0.0932. The van der Waals surface area contributed by atoms with Gasteiger partial charge in [0.15, 0.2) is 0 Å². The summed E-state index contributed by atoms with van der Waals surface area (Å²) in [5.41, 5.74) is 3.64. The number of aromatic nitrogens is 2. The Labute approximate surface area is 162 Å². The minimum Gasteiger partial charge on any atom is -0.345 e. The normalized spacial score (nSPS) is 16.0. The molecule has 2 aromatic carbocycles. The maximum atomic E-state index is 13.1. The van der Waals surface area contributed by atoms with Gasteiger partial charge in [-0.1, -0.05) is 29.8 Å². The van der Waals surface area contributed by atoms with E-state index >= 15 is 0 Å². The summed E-state index contributed by atoms with van der Waals surface area (Å²) in [5.74, 6) is -0.556. The summed E-state index contributed by atoms with van der Waals surface area (Å²) >= 11 is 6.28. The summed E-state index contributed by atoms with van der Waals surface area (Å²) in [5, 5.41) is 8.31. The Morgan fingerprint density at radius 3 is 2.78 bits per heavy atom. The predicted molar refractivity (Wildman–Crippen MR) is 102 cm³/mol. The topological polar surface area (TPSA) is 46.9 Å². The van der Waals surface area contributed by atoms with Crippen molar-refractivity contribution >= 4 is 17.5 Å². The molecule has 0 bridgehead atoms.